The monoisotopic (exact) mass is 613 g/mol. The molecule has 4 aromatic carbocycles. The Balaban J connectivity index is 1.56. The van der Waals surface area contributed by atoms with Gasteiger partial charge in [-0.15, -0.1) is 10.2 Å². The van der Waals surface area contributed by atoms with Gasteiger partial charge in [-0.3, -0.25) is 19.5 Å². The minimum Gasteiger partial charge on any atom is -0.497 e. The van der Waals surface area contributed by atoms with E-state index in [1.165, 1.54) is 50.2 Å². The number of aromatic nitrogens is 3. The number of hydrogen-bond acceptors (Lipinski definition) is 8. The van der Waals surface area contributed by atoms with Crippen molar-refractivity contribution in [2.75, 3.05) is 14.2 Å². The van der Waals surface area contributed by atoms with Crippen LogP contribution in [0.4, 0.5) is 10.1 Å². The highest BCUT2D eigenvalue weighted by Crippen LogP contribution is 2.31. The molecule has 0 aliphatic heterocycles. The molecule has 1 N–H and O–H groups in total. The highest BCUT2D eigenvalue weighted by atomic mass is 32.2. The molecule has 1 amide bonds. The van der Waals surface area contributed by atoms with Gasteiger partial charge in [0, 0.05) is 29.6 Å². The van der Waals surface area contributed by atoms with Gasteiger partial charge in [-0.25, -0.2) is 4.39 Å². The molecular formula is C32H28FN5O5S. The van der Waals surface area contributed by atoms with Crippen LogP contribution in [0.15, 0.2) is 102 Å². The third kappa shape index (κ3) is 7.04. The summed E-state index contributed by atoms with van der Waals surface area (Å²) in [5.74, 6) is 1.04. The van der Waals surface area contributed by atoms with Crippen molar-refractivity contribution in [1.29, 1.82) is 0 Å². The lowest BCUT2D eigenvalue weighted by Crippen LogP contribution is -2.32. The number of rotatable bonds is 12. The zero-order valence-electron chi connectivity index (χ0n) is 23.8. The Labute approximate surface area is 257 Å². The van der Waals surface area contributed by atoms with Crippen LogP contribution in [-0.2, 0) is 12.2 Å². The molecule has 1 atom stereocenters. The standard InChI is InChI=1S/C32H28FN5O5S/c1-42-26-16-17-27(29(19-26)43-2)31(39)34-28(18-21-6-4-3-5-7-21)30-35-36-32(44-20-22-8-10-23(33)11-9-22)37(30)24-12-14-25(15-13-24)38(40)41/h3-17,19,28H,18,20H2,1-2H3,(H,34,39). The molecule has 0 saturated carbocycles. The maximum absolute atomic E-state index is 13.7. The Morgan fingerprint density at radius 1 is 0.955 bits per heavy atom. The number of non-ortho nitro benzene ring substituents is 1. The molecule has 5 aromatic rings. The van der Waals surface area contributed by atoms with E-state index in [-0.39, 0.29) is 11.5 Å². The fraction of sp³-hybridized carbons (Fsp3) is 0.156. The van der Waals surface area contributed by atoms with E-state index in [2.05, 4.69) is 15.5 Å². The zero-order valence-corrected chi connectivity index (χ0v) is 24.7. The smallest absolute Gasteiger partial charge is 0.269 e. The number of nitro benzene ring substituents is 1. The van der Waals surface area contributed by atoms with Gasteiger partial charge in [-0.2, -0.15) is 0 Å². The average Bonchev–Trinajstić information content (AvgIpc) is 3.48. The molecule has 0 fully saturated rings. The lowest BCUT2D eigenvalue weighted by Gasteiger charge is -2.21. The van der Waals surface area contributed by atoms with Crippen LogP contribution >= 0.6 is 11.8 Å². The van der Waals surface area contributed by atoms with Crippen molar-refractivity contribution >= 4 is 23.4 Å². The van der Waals surface area contributed by atoms with Crippen LogP contribution in [0.5, 0.6) is 11.5 Å². The first kappa shape index (κ1) is 30.2. The summed E-state index contributed by atoms with van der Waals surface area (Å²) in [5.41, 5.74) is 2.63. The maximum Gasteiger partial charge on any atom is 0.269 e. The van der Waals surface area contributed by atoms with E-state index < -0.39 is 16.9 Å². The number of halogens is 1. The number of methoxy groups -OCH3 is 2. The maximum atomic E-state index is 13.7. The Morgan fingerprint density at radius 3 is 2.34 bits per heavy atom. The van der Waals surface area contributed by atoms with Crippen molar-refractivity contribution in [3.05, 3.63) is 136 Å². The van der Waals surface area contributed by atoms with Gasteiger partial charge in [0.2, 0.25) is 0 Å². The summed E-state index contributed by atoms with van der Waals surface area (Å²) in [4.78, 5) is 24.6. The van der Waals surface area contributed by atoms with Crippen molar-refractivity contribution < 1.29 is 23.6 Å². The van der Waals surface area contributed by atoms with Crippen molar-refractivity contribution in [3.63, 3.8) is 0 Å². The Kier molecular flexibility index (Phi) is 9.50. The van der Waals surface area contributed by atoms with Gasteiger partial charge >= 0.3 is 0 Å². The molecule has 0 spiro atoms. The van der Waals surface area contributed by atoms with Gasteiger partial charge in [-0.1, -0.05) is 54.2 Å². The lowest BCUT2D eigenvalue weighted by atomic mass is 10.0. The van der Waals surface area contributed by atoms with Crippen LogP contribution in [0.25, 0.3) is 5.69 Å². The number of nitrogens with zero attached hydrogens (tertiary/aromatic N) is 4. The van der Waals surface area contributed by atoms with Crippen LogP contribution in [0.2, 0.25) is 0 Å². The van der Waals surface area contributed by atoms with Crippen molar-refractivity contribution in [1.82, 2.24) is 20.1 Å². The highest BCUT2D eigenvalue weighted by Gasteiger charge is 2.27. The fourth-order valence-electron chi connectivity index (χ4n) is 4.57. The highest BCUT2D eigenvalue weighted by molar-refractivity contribution is 7.98. The summed E-state index contributed by atoms with van der Waals surface area (Å²) in [5, 5.41) is 23.9. The number of amides is 1. The molecule has 5 rings (SSSR count). The summed E-state index contributed by atoms with van der Waals surface area (Å²) < 4.78 is 26.0. The van der Waals surface area contributed by atoms with E-state index in [4.69, 9.17) is 9.47 Å². The summed E-state index contributed by atoms with van der Waals surface area (Å²) in [6.07, 6.45) is 0.374. The van der Waals surface area contributed by atoms with Gasteiger partial charge in [-0.05, 0) is 53.9 Å². The molecule has 0 saturated heterocycles. The van der Waals surface area contributed by atoms with Crippen molar-refractivity contribution in [2.24, 2.45) is 0 Å². The largest absolute Gasteiger partial charge is 0.497 e. The molecule has 0 radical (unpaired) electrons. The topological polar surface area (TPSA) is 121 Å². The number of benzene rings is 4. The second-order valence-corrected chi connectivity index (χ2v) is 10.6. The van der Waals surface area contributed by atoms with Crippen LogP contribution in [0.3, 0.4) is 0 Å². The van der Waals surface area contributed by atoms with E-state index in [0.717, 1.165) is 11.1 Å². The normalized spacial score (nSPS) is 11.5. The molecule has 0 aliphatic rings. The number of nitro groups is 1. The second kappa shape index (κ2) is 13.8. The Bertz CT molecular complexity index is 1750. The summed E-state index contributed by atoms with van der Waals surface area (Å²) in [7, 11) is 3.00. The number of hydrogen-bond donors (Lipinski definition) is 1. The van der Waals surface area contributed by atoms with Gasteiger partial charge in [0.05, 0.1) is 30.7 Å². The summed E-state index contributed by atoms with van der Waals surface area (Å²) in [6.45, 7) is 0. The Hall–Kier alpha value is -5.23. The molecule has 224 valence electrons. The third-order valence-electron chi connectivity index (χ3n) is 6.81. The summed E-state index contributed by atoms with van der Waals surface area (Å²) in [6, 6.07) is 26.1. The molecular weight excluding hydrogens is 585 g/mol. The van der Waals surface area contributed by atoms with E-state index >= 15 is 0 Å². The molecule has 0 aliphatic carbocycles. The quantitative estimate of drug-likeness (QED) is 0.0983. The number of nitrogens with one attached hydrogen (secondary N) is 1. The van der Waals surface area contributed by atoms with Crippen molar-refractivity contribution in [3.8, 4) is 17.2 Å². The van der Waals surface area contributed by atoms with Gasteiger partial charge in [0.15, 0.2) is 11.0 Å². The minimum absolute atomic E-state index is 0.0652. The number of carbonyl (C=O) groups excluding carboxylic acids is 1. The zero-order chi connectivity index (χ0) is 31.1. The molecule has 12 heteroatoms. The molecule has 1 unspecified atom stereocenters. The molecule has 0 bridgehead atoms. The van der Waals surface area contributed by atoms with Gasteiger partial charge in [0.25, 0.3) is 11.6 Å². The number of carbonyl (C=O) groups is 1. The van der Waals surface area contributed by atoms with E-state index in [1.54, 1.807) is 47.0 Å². The fourth-order valence-corrected chi connectivity index (χ4v) is 5.49. The molecule has 44 heavy (non-hydrogen) atoms. The predicted molar refractivity (Wildman–Crippen MR) is 164 cm³/mol. The van der Waals surface area contributed by atoms with Gasteiger partial charge < -0.3 is 14.8 Å². The van der Waals surface area contributed by atoms with Crippen LogP contribution in [0.1, 0.15) is 33.4 Å². The molecule has 1 heterocycles. The SMILES string of the molecule is COc1ccc(C(=O)NC(Cc2ccccc2)c2nnc(SCc3ccc(F)cc3)n2-c2ccc([N+](=O)[O-])cc2)c(OC)c1. The molecule has 10 nitrogen and oxygen atoms in total. The lowest BCUT2D eigenvalue weighted by molar-refractivity contribution is -0.384. The number of thioether (sulfide) groups is 1. The van der Waals surface area contributed by atoms with Crippen LogP contribution < -0.4 is 14.8 Å². The summed E-state index contributed by atoms with van der Waals surface area (Å²) >= 11 is 1.37. The van der Waals surface area contributed by atoms with Crippen molar-refractivity contribution in [2.45, 2.75) is 23.4 Å². The first-order valence-electron chi connectivity index (χ1n) is 13.5. The first-order chi connectivity index (χ1) is 21.4. The minimum atomic E-state index is -0.667. The molecule has 1 aromatic heterocycles. The predicted octanol–water partition coefficient (Wildman–Crippen LogP) is 6.34. The van der Waals surface area contributed by atoms with Crippen LogP contribution in [0, 0.1) is 15.9 Å². The third-order valence-corrected chi connectivity index (χ3v) is 7.81. The van der Waals surface area contributed by atoms with Crippen LogP contribution in [-0.4, -0.2) is 39.8 Å². The van der Waals surface area contributed by atoms with E-state index in [1.807, 2.05) is 30.3 Å². The number of ether oxygens (including phenoxy) is 2. The van der Waals surface area contributed by atoms with E-state index in [0.29, 0.717) is 45.9 Å². The van der Waals surface area contributed by atoms with E-state index in [9.17, 15) is 19.3 Å². The average molecular weight is 614 g/mol. The first-order valence-corrected chi connectivity index (χ1v) is 14.5. The second-order valence-electron chi connectivity index (χ2n) is 9.65. The Morgan fingerprint density at radius 2 is 1.68 bits per heavy atom. The van der Waals surface area contributed by atoms with Gasteiger partial charge in [0.1, 0.15) is 17.3 Å².